The third-order valence-electron chi connectivity index (χ3n) is 7.48. The van der Waals surface area contributed by atoms with E-state index < -0.39 is 11.5 Å². The zero-order chi connectivity index (χ0) is 25.7. The fourth-order valence-electron chi connectivity index (χ4n) is 5.36. The predicted molar refractivity (Wildman–Crippen MR) is 138 cm³/mol. The number of amides is 2. The number of likely N-dealkylation sites (tertiary alicyclic amines) is 1. The molecule has 3 N–H and O–H groups in total. The lowest BCUT2D eigenvalue weighted by Gasteiger charge is -2.41. The van der Waals surface area contributed by atoms with E-state index in [0.29, 0.717) is 45.3 Å². The Morgan fingerprint density at radius 2 is 1.78 bits per heavy atom. The normalized spacial score (nSPS) is 20.8. The van der Waals surface area contributed by atoms with Gasteiger partial charge in [-0.2, -0.15) is 0 Å². The third kappa shape index (κ3) is 6.17. The summed E-state index contributed by atoms with van der Waals surface area (Å²) in [6, 6.07) is 16.4. The van der Waals surface area contributed by atoms with Crippen LogP contribution in [0, 0.1) is 5.41 Å². The number of aryl methyl sites for hydroxylation is 1. The van der Waals surface area contributed by atoms with Crippen LogP contribution in [0.25, 0.3) is 0 Å². The number of carbonyl (C=O) groups excluding carboxylic acids is 2. The van der Waals surface area contributed by atoms with E-state index in [0.717, 1.165) is 36.3 Å². The number of hydrogen-bond donors (Lipinski definition) is 3. The molecule has 0 unspecified atom stereocenters. The Kier molecular flexibility index (Phi) is 7.50. The van der Waals surface area contributed by atoms with Crippen LogP contribution in [0.5, 0.6) is 5.75 Å². The second kappa shape index (κ2) is 11.1. The molecule has 1 fully saturated rings. The van der Waals surface area contributed by atoms with E-state index in [-0.39, 0.29) is 17.6 Å². The number of nitrogens with one attached hydrogen (secondary N) is 2. The number of aromatic nitrogens is 3. The number of benzene rings is 2. The maximum Gasteiger partial charge on any atom is 0.242 e. The fraction of sp³-hybridized carbons (Fsp3) is 0.429. The monoisotopic (exact) mass is 502 g/mol. The van der Waals surface area contributed by atoms with E-state index in [9.17, 15) is 14.7 Å². The summed E-state index contributed by atoms with van der Waals surface area (Å²) >= 11 is 0. The summed E-state index contributed by atoms with van der Waals surface area (Å²) in [6.45, 7) is 3.33. The molecule has 1 spiro atoms. The van der Waals surface area contributed by atoms with Crippen LogP contribution >= 0.6 is 0 Å². The van der Waals surface area contributed by atoms with Crippen LogP contribution in [-0.4, -0.2) is 62.5 Å². The minimum absolute atomic E-state index is 0.102. The molecule has 2 amide bonds. The van der Waals surface area contributed by atoms with E-state index in [2.05, 4.69) is 25.8 Å². The Morgan fingerprint density at radius 3 is 2.57 bits per heavy atom. The number of aromatic hydroxyl groups is 1. The third-order valence-corrected chi connectivity index (χ3v) is 7.48. The molecule has 0 saturated carbocycles. The lowest BCUT2D eigenvalue weighted by atomic mass is 9.73. The summed E-state index contributed by atoms with van der Waals surface area (Å²) < 4.78 is 1.80. The molecule has 2 aliphatic heterocycles. The number of phenolic OH excluding ortho intramolecular Hbond substituents is 1. The predicted octanol–water partition coefficient (Wildman–Crippen LogP) is 2.06. The van der Waals surface area contributed by atoms with Gasteiger partial charge in [-0.1, -0.05) is 47.7 Å². The molecule has 194 valence electrons. The van der Waals surface area contributed by atoms with Gasteiger partial charge in [0.25, 0.3) is 0 Å². The lowest BCUT2D eigenvalue weighted by Crippen LogP contribution is -2.56. The summed E-state index contributed by atoms with van der Waals surface area (Å²) in [7, 11) is 0. The van der Waals surface area contributed by atoms with Crippen molar-refractivity contribution in [3.63, 3.8) is 0 Å². The number of carbonyl (C=O) groups is 2. The Hall–Kier alpha value is -3.72. The summed E-state index contributed by atoms with van der Waals surface area (Å²) in [5, 5.41) is 24.6. The smallest absolute Gasteiger partial charge is 0.242 e. The Balaban J connectivity index is 1.37. The standard InChI is InChI=1S/C28H34N6O3/c35-24-9-4-8-22(16-24)19-33-14-10-28(11-15-33)18-23-20-34(32-31-23)13-5-12-29-26(36)25(30-27(28)37)17-21-6-2-1-3-7-21/h1-4,6-9,16,20,25,35H,5,10-15,17-19H2,(H,29,36)(H,30,37)/t25-/m0/s1. The molecule has 2 bridgehead atoms. The molecule has 1 atom stereocenters. The van der Waals surface area contributed by atoms with Crippen molar-refractivity contribution in [1.82, 2.24) is 30.5 Å². The van der Waals surface area contributed by atoms with Gasteiger partial charge in [-0.05, 0) is 55.6 Å². The topological polar surface area (TPSA) is 112 Å². The molecule has 1 saturated heterocycles. The fourth-order valence-corrected chi connectivity index (χ4v) is 5.36. The van der Waals surface area contributed by atoms with E-state index in [1.807, 2.05) is 48.7 Å². The molecule has 0 radical (unpaired) electrons. The highest BCUT2D eigenvalue weighted by Crippen LogP contribution is 2.36. The first-order chi connectivity index (χ1) is 18.0. The molecule has 37 heavy (non-hydrogen) atoms. The molecule has 3 heterocycles. The van der Waals surface area contributed by atoms with Crippen LogP contribution < -0.4 is 10.6 Å². The minimum Gasteiger partial charge on any atom is -0.508 e. The maximum absolute atomic E-state index is 14.0. The number of rotatable bonds is 4. The minimum atomic E-state index is -0.681. The zero-order valence-corrected chi connectivity index (χ0v) is 21.0. The molecule has 3 aromatic rings. The van der Waals surface area contributed by atoms with Crippen molar-refractivity contribution in [1.29, 1.82) is 0 Å². The molecule has 9 heteroatoms. The van der Waals surface area contributed by atoms with Gasteiger partial charge in [0.2, 0.25) is 11.8 Å². The lowest BCUT2D eigenvalue weighted by molar-refractivity contribution is -0.137. The summed E-state index contributed by atoms with van der Waals surface area (Å²) in [6.07, 6.45) is 4.87. The van der Waals surface area contributed by atoms with Gasteiger partial charge in [0.15, 0.2) is 0 Å². The van der Waals surface area contributed by atoms with Crippen LogP contribution in [0.2, 0.25) is 0 Å². The number of phenols is 1. The Morgan fingerprint density at radius 1 is 1.00 bits per heavy atom. The number of piperidine rings is 1. The first-order valence-corrected chi connectivity index (χ1v) is 13.0. The maximum atomic E-state index is 14.0. The summed E-state index contributed by atoms with van der Waals surface area (Å²) in [5.41, 5.74) is 2.16. The largest absolute Gasteiger partial charge is 0.508 e. The highest BCUT2D eigenvalue weighted by Gasteiger charge is 2.43. The summed E-state index contributed by atoms with van der Waals surface area (Å²) in [4.78, 5) is 29.4. The molecule has 0 aliphatic carbocycles. The van der Waals surface area contributed by atoms with Gasteiger partial charge < -0.3 is 15.7 Å². The van der Waals surface area contributed by atoms with Crippen molar-refractivity contribution in [2.45, 2.75) is 51.2 Å². The first-order valence-electron chi connectivity index (χ1n) is 13.0. The van der Waals surface area contributed by atoms with Crippen molar-refractivity contribution < 1.29 is 14.7 Å². The second-order valence-corrected chi connectivity index (χ2v) is 10.2. The van der Waals surface area contributed by atoms with Crippen molar-refractivity contribution in [2.24, 2.45) is 5.41 Å². The van der Waals surface area contributed by atoms with Crippen LogP contribution in [0.1, 0.15) is 36.1 Å². The Bertz CT molecular complexity index is 1220. The second-order valence-electron chi connectivity index (χ2n) is 10.2. The van der Waals surface area contributed by atoms with Gasteiger partial charge in [-0.25, -0.2) is 0 Å². The molecular formula is C28H34N6O3. The van der Waals surface area contributed by atoms with Gasteiger partial charge in [-0.3, -0.25) is 19.2 Å². The zero-order valence-electron chi connectivity index (χ0n) is 21.0. The van der Waals surface area contributed by atoms with Crippen molar-refractivity contribution in [2.75, 3.05) is 19.6 Å². The average Bonchev–Trinajstić information content (AvgIpc) is 3.34. The van der Waals surface area contributed by atoms with Crippen molar-refractivity contribution in [3.8, 4) is 5.75 Å². The molecular weight excluding hydrogens is 468 g/mol. The van der Waals surface area contributed by atoms with Gasteiger partial charge in [0.1, 0.15) is 11.8 Å². The van der Waals surface area contributed by atoms with E-state index in [1.165, 1.54) is 0 Å². The van der Waals surface area contributed by atoms with E-state index in [1.54, 1.807) is 16.8 Å². The van der Waals surface area contributed by atoms with Gasteiger partial charge in [-0.15, -0.1) is 5.10 Å². The molecule has 5 rings (SSSR count). The number of fused-ring (bicyclic) bond motifs is 2. The molecule has 1 aromatic heterocycles. The number of nitrogens with zero attached hydrogens (tertiary/aromatic N) is 4. The average molecular weight is 503 g/mol. The highest BCUT2D eigenvalue weighted by molar-refractivity contribution is 5.90. The van der Waals surface area contributed by atoms with E-state index >= 15 is 0 Å². The number of hydrogen-bond acceptors (Lipinski definition) is 6. The van der Waals surface area contributed by atoms with Gasteiger partial charge >= 0.3 is 0 Å². The summed E-state index contributed by atoms with van der Waals surface area (Å²) in [5.74, 6) is -0.00728. The van der Waals surface area contributed by atoms with E-state index in [4.69, 9.17) is 0 Å². The van der Waals surface area contributed by atoms with Crippen LogP contribution in [0.3, 0.4) is 0 Å². The molecule has 2 aliphatic rings. The first kappa shape index (κ1) is 25.0. The highest BCUT2D eigenvalue weighted by atomic mass is 16.3. The van der Waals surface area contributed by atoms with Crippen LogP contribution in [0.15, 0.2) is 60.8 Å². The van der Waals surface area contributed by atoms with Gasteiger partial charge in [0, 0.05) is 38.7 Å². The Labute approximate surface area is 216 Å². The van der Waals surface area contributed by atoms with Gasteiger partial charge in [0.05, 0.1) is 11.1 Å². The quantitative estimate of drug-likeness (QED) is 0.504. The molecule has 2 aromatic carbocycles. The molecule has 9 nitrogen and oxygen atoms in total. The van der Waals surface area contributed by atoms with Crippen LogP contribution in [-0.2, 0) is 35.5 Å². The van der Waals surface area contributed by atoms with Crippen molar-refractivity contribution in [3.05, 3.63) is 77.6 Å². The van der Waals surface area contributed by atoms with Crippen molar-refractivity contribution >= 4 is 11.8 Å². The SMILES string of the molecule is O=C1NCCCn2cc(nn2)CC2(CCN(Cc3cccc(O)c3)CC2)C(=O)N[C@H]1Cc1ccccc1. The van der Waals surface area contributed by atoms with Crippen LogP contribution in [0.4, 0.5) is 0 Å².